The molecule has 3 aliphatic rings. The van der Waals surface area contributed by atoms with Gasteiger partial charge in [0, 0.05) is 30.0 Å². The normalized spacial score (nSPS) is 26.6. The van der Waals surface area contributed by atoms with E-state index in [1.807, 2.05) is 0 Å². The highest BCUT2D eigenvalue weighted by molar-refractivity contribution is 5.35. The summed E-state index contributed by atoms with van der Waals surface area (Å²) >= 11 is 0. The topological polar surface area (TPSA) is 46.2 Å². The number of hydrogen-bond donors (Lipinski definition) is 0. The monoisotopic (exact) mass is 766 g/mol. The van der Waals surface area contributed by atoms with Crippen LogP contribution in [0, 0.1) is 47.0 Å². The molecule has 0 unspecified atom stereocenters. The van der Waals surface area contributed by atoms with Crippen LogP contribution < -0.4 is 9.47 Å². The van der Waals surface area contributed by atoms with E-state index in [4.69, 9.17) is 14.2 Å². The molecule has 0 atom stereocenters. The van der Waals surface area contributed by atoms with Gasteiger partial charge < -0.3 is 18.9 Å². The number of rotatable bonds is 12. The molecule has 1 saturated heterocycles. The van der Waals surface area contributed by atoms with Gasteiger partial charge in [0.1, 0.15) is 40.1 Å². The molecule has 2 aliphatic carbocycles. The third-order valence-corrected chi connectivity index (χ3v) is 10.1. The Morgan fingerprint density at radius 1 is 0.635 bits per heavy atom. The van der Waals surface area contributed by atoms with Crippen molar-refractivity contribution in [1.29, 1.82) is 0 Å². The second-order valence-electron chi connectivity index (χ2n) is 13.7. The van der Waals surface area contributed by atoms with Crippen molar-refractivity contribution in [2.45, 2.75) is 102 Å². The second kappa shape index (κ2) is 15.8. The Labute approximate surface area is 291 Å². The van der Waals surface area contributed by atoms with Gasteiger partial charge in [0.2, 0.25) is 0 Å². The summed E-state index contributed by atoms with van der Waals surface area (Å²) in [4.78, 5) is 0. The van der Waals surface area contributed by atoms with E-state index in [-0.39, 0.29) is 37.0 Å². The summed E-state index contributed by atoms with van der Waals surface area (Å²) in [5.41, 5.74) is -4.18. The Bertz CT molecular complexity index is 1470. The van der Waals surface area contributed by atoms with E-state index in [9.17, 15) is 43.9 Å². The van der Waals surface area contributed by atoms with Crippen LogP contribution in [0.2, 0.25) is 0 Å². The highest BCUT2D eigenvalue weighted by atomic mass is 19.4. The first kappa shape index (κ1) is 40.3. The van der Waals surface area contributed by atoms with Gasteiger partial charge in [-0.15, -0.1) is 13.2 Å². The largest absolute Gasteiger partial charge is 0.527 e. The Hall–Kier alpha value is -2.92. The molecular weight excluding hydrogens is 728 g/mol. The highest BCUT2D eigenvalue weighted by Crippen LogP contribution is 2.45. The lowest BCUT2D eigenvalue weighted by Gasteiger charge is -2.41. The summed E-state index contributed by atoms with van der Waals surface area (Å²) in [6, 6.07) is 0.486. The molecule has 5 rings (SSSR count). The molecule has 0 bridgehead atoms. The van der Waals surface area contributed by atoms with E-state index >= 15 is 8.78 Å². The quantitative estimate of drug-likeness (QED) is 0.201. The van der Waals surface area contributed by atoms with Crippen molar-refractivity contribution in [1.82, 2.24) is 0 Å². The van der Waals surface area contributed by atoms with Crippen LogP contribution in [0.25, 0.3) is 0 Å². The number of ether oxygens (including phenoxy) is 5. The van der Waals surface area contributed by atoms with Crippen molar-refractivity contribution in [2.75, 3.05) is 13.2 Å². The molecule has 3 fully saturated rings. The van der Waals surface area contributed by atoms with E-state index in [1.165, 1.54) is 25.7 Å². The minimum atomic E-state index is -6.03. The maximum absolute atomic E-state index is 15.2. The Morgan fingerprint density at radius 2 is 1.19 bits per heavy atom. The van der Waals surface area contributed by atoms with Crippen LogP contribution in [-0.2, 0) is 26.4 Å². The van der Waals surface area contributed by atoms with Crippen molar-refractivity contribution < 1.29 is 76.4 Å². The SMILES string of the molecule is CCCC1CCC(C2COC(C3CCC(C(F)(F)Oc4ccc(C(F)(F)Oc5cc(F)c(C(F)(F)OC(F)(F)F)c(F)c5)c(F)c4)CC3)OC2)CC1. The molecular formula is C35H38F12O5. The lowest BCUT2D eigenvalue weighted by Crippen LogP contribution is -2.43. The van der Waals surface area contributed by atoms with Gasteiger partial charge in [-0.1, -0.05) is 32.6 Å². The summed E-state index contributed by atoms with van der Waals surface area (Å²) in [5, 5.41) is 0. The van der Waals surface area contributed by atoms with Crippen molar-refractivity contribution in [3.05, 3.63) is 58.9 Å². The van der Waals surface area contributed by atoms with Crippen LogP contribution in [0.3, 0.4) is 0 Å². The fourth-order valence-corrected chi connectivity index (χ4v) is 7.48. The lowest BCUT2D eigenvalue weighted by atomic mass is 9.74. The van der Waals surface area contributed by atoms with Crippen LogP contribution >= 0.6 is 0 Å². The average molecular weight is 767 g/mol. The molecule has 0 aromatic heterocycles. The molecule has 2 saturated carbocycles. The Kier molecular flexibility index (Phi) is 12.2. The maximum Gasteiger partial charge on any atom is 0.527 e. The predicted molar refractivity (Wildman–Crippen MR) is 159 cm³/mol. The van der Waals surface area contributed by atoms with Crippen LogP contribution in [0.15, 0.2) is 30.3 Å². The van der Waals surface area contributed by atoms with Crippen LogP contribution in [0.4, 0.5) is 52.7 Å². The van der Waals surface area contributed by atoms with E-state index in [1.54, 1.807) is 0 Å². The van der Waals surface area contributed by atoms with Gasteiger partial charge in [-0.05, 0) is 62.5 Å². The smallest absolute Gasteiger partial charge is 0.432 e. The first-order valence-corrected chi connectivity index (χ1v) is 17.1. The molecule has 2 aromatic rings. The van der Waals surface area contributed by atoms with Gasteiger partial charge >= 0.3 is 24.7 Å². The predicted octanol–water partition coefficient (Wildman–Crippen LogP) is 11.2. The molecule has 1 heterocycles. The second-order valence-corrected chi connectivity index (χ2v) is 13.7. The molecule has 0 spiro atoms. The van der Waals surface area contributed by atoms with E-state index in [0.29, 0.717) is 50.0 Å². The number of halogens is 12. The van der Waals surface area contributed by atoms with Crippen molar-refractivity contribution >= 4 is 0 Å². The average Bonchev–Trinajstić information content (AvgIpc) is 3.03. The zero-order chi connectivity index (χ0) is 38.1. The molecule has 0 radical (unpaired) electrons. The number of hydrogen-bond acceptors (Lipinski definition) is 5. The van der Waals surface area contributed by atoms with Crippen LogP contribution in [-0.4, -0.2) is 32.0 Å². The van der Waals surface area contributed by atoms with E-state index < -0.39 is 77.0 Å². The Balaban J connectivity index is 1.13. The van der Waals surface area contributed by atoms with E-state index in [0.717, 1.165) is 18.8 Å². The molecule has 1 aliphatic heterocycles. The fraction of sp³-hybridized carbons (Fsp3) is 0.657. The highest BCUT2D eigenvalue weighted by Gasteiger charge is 2.50. The van der Waals surface area contributed by atoms with Crippen molar-refractivity contribution in [3.63, 3.8) is 0 Å². The summed E-state index contributed by atoms with van der Waals surface area (Å²) in [6.45, 7) is 3.30. The van der Waals surface area contributed by atoms with E-state index in [2.05, 4.69) is 16.4 Å². The van der Waals surface area contributed by atoms with Gasteiger partial charge in [0.05, 0.1) is 19.1 Å². The number of alkyl halides is 9. The summed E-state index contributed by atoms with van der Waals surface area (Å²) in [5.74, 6) is -8.90. The van der Waals surface area contributed by atoms with Gasteiger partial charge in [-0.3, -0.25) is 0 Å². The summed E-state index contributed by atoms with van der Waals surface area (Å²) in [6.07, 6.45) is -12.9. The molecule has 52 heavy (non-hydrogen) atoms. The molecule has 0 amide bonds. The molecule has 0 N–H and O–H groups in total. The van der Waals surface area contributed by atoms with Crippen molar-refractivity contribution in [2.24, 2.45) is 29.6 Å². The minimum Gasteiger partial charge on any atom is -0.432 e. The zero-order valence-corrected chi connectivity index (χ0v) is 27.9. The minimum absolute atomic E-state index is 0.0123. The van der Waals surface area contributed by atoms with Crippen LogP contribution in [0.5, 0.6) is 11.5 Å². The summed E-state index contributed by atoms with van der Waals surface area (Å²) < 4.78 is 190. The third-order valence-electron chi connectivity index (χ3n) is 10.1. The molecule has 5 nitrogen and oxygen atoms in total. The summed E-state index contributed by atoms with van der Waals surface area (Å²) in [7, 11) is 0. The Morgan fingerprint density at radius 3 is 1.73 bits per heavy atom. The fourth-order valence-electron chi connectivity index (χ4n) is 7.48. The maximum atomic E-state index is 15.2. The molecule has 2 aromatic carbocycles. The third kappa shape index (κ3) is 9.78. The molecule has 292 valence electrons. The molecule has 17 heteroatoms. The zero-order valence-electron chi connectivity index (χ0n) is 27.9. The van der Waals surface area contributed by atoms with Gasteiger partial charge in [0.15, 0.2) is 6.29 Å². The van der Waals surface area contributed by atoms with Crippen LogP contribution in [0.1, 0.15) is 82.3 Å². The first-order chi connectivity index (χ1) is 24.3. The van der Waals surface area contributed by atoms with Crippen molar-refractivity contribution in [3.8, 4) is 11.5 Å². The lowest BCUT2D eigenvalue weighted by molar-refractivity contribution is -0.432. The van der Waals surface area contributed by atoms with Gasteiger partial charge in [-0.25, -0.2) is 17.9 Å². The van der Waals surface area contributed by atoms with Gasteiger partial charge in [-0.2, -0.15) is 26.3 Å². The first-order valence-electron chi connectivity index (χ1n) is 17.1. The van der Waals surface area contributed by atoms with Gasteiger partial charge in [0.25, 0.3) is 0 Å². The number of benzene rings is 2. The standard InChI is InChI=1S/C35H38F12O5/c1-2-3-19-4-6-20(7-5-19)22-17-48-31(49-18-22)21-8-10-23(11-9-21)32(39,40)50-24-12-13-26(27(36)14-24)33(41,42)51-25-15-28(37)30(29(38)16-25)34(43,44)52-35(45,46)47/h12-16,19-23,31H,2-11,17-18H2,1H3.